The van der Waals surface area contributed by atoms with Crippen LogP contribution < -0.4 is 0 Å². The molecule has 250 valence electrons. The smallest absolute Gasteiger partial charge is 0.194 e. The first kappa shape index (κ1) is 35.6. The quantitative estimate of drug-likeness (QED) is 0.197. The van der Waals surface area contributed by atoms with E-state index in [-0.39, 0.29) is 39.9 Å². The lowest BCUT2D eigenvalue weighted by Crippen LogP contribution is -2.39. The Morgan fingerprint density at radius 1 is 0.578 bits per heavy atom. The highest BCUT2D eigenvalue weighted by Crippen LogP contribution is 2.35. The van der Waals surface area contributed by atoms with Gasteiger partial charge in [0.2, 0.25) is 0 Å². The molecule has 4 aliphatic rings. The lowest BCUT2D eigenvalue weighted by atomic mass is 9.93. The van der Waals surface area contributed by atoms with Crippen LogP contribution in [0.1, 0.15) is 50.3 Å². The van der Waals surface area contributed by atoms with Gasteiger partial charge in [-0.2, -0.15) is 9.90 Å². The maximum Gasteiger partial charge on any atom is 0.194 e. The first-order valence-electron chi connectivity index (χ1n) is 14.8. The topological polar surface area (TPSA) is 55.4 Å². The van der Waals surface area contributed by atoms with Crippen molar-refractivity contribution in [3.05, 3.63) is 76.4 Å². The zero-order valence-corrected chi connectivity index (χ0v) is 26.6. The molecule has 6 nitrogen and oxygen atoms in total. The van der Waals surface area contributed by atoms with Crippen molar-refractivity contribution >= 4 is 15.7 Å². The fraction of sp³-hybridized carbons (Fsp3) is 0.562. The van der Waals surface area contributed by atoms with Crippen molar-refractivity contribution in [2.45, 2.75) is 51.8 Å². The summed E-state index contributed by atoms with van der Waals surface area (Å²) in [5.41, 5.74) is 0.517. The molecular weight excluding hydrogens is 625 g/mol. The number of hydrogen-bond acceptors (Lipinski definition) is 6. The second-order valence-electron chi connectivity index (χ2n) is 11.9. The van der Waals surface area contributed by atoms with Crippen LogP contribution in [0.2, 0.25) is 0 Å². The van der Waals surface area contributed by atoms with Gasteiger partial charge in [0, 0.05) is 29.2 Å². The first-order valence-corrected chi connectivity index (χ1v) is 14.8. The van der Waals surface area contributed by atoms with Gasteiger partial charge in [-0.15, -0.1) is 0 Å². The van der Waals surface area contributed by atoms with Gasteiger partial charge >= 0.3 is 0 Å². The lowest BCUT2D eigenvalue weighted by molar-refractivity contribution is -0.239. The molecule has 0 aromatic heterocycles. The van der Waals surface area contributed by atoms with Crippen LogP contribution in [0.5, 0.6) is 0 Å². The Bertz CT molecular complexity index is 1260. The first-order chi connectivity index (χ1) is 21.1. The van der Waals surface area contributed by atoms with Gasteiger partial charge in [-0.05, 0) is 55.2 Å². The van der Waals surface area contributed by atoms with Crippen molar-refractivity contribution < 1.29 is 54.8 Å². The highest BCUT2D eigenvalue weighted by atomic mass is 31.0. The van der Waals surface area contributed by atoms with Gasteiger partial charge in [-0.3, -0.25) is 0 Å². The predicted molar refractivity (Wildman–Crippen MR) is 157 cm³/mol. The molecule has 13 heteroatoms. The Labute approximate surface area is 262 Å². The minimum atomic E-state index is -1.48. The average Bonchev–Trinajstić information content (AvgIpc) is 3.03. The molecule has 45 heavy (non-hydrogen) atoms. The van der Waals surface area contributed by atoms with Crippen molar-refractivity contribution in [2.75, 3.05) is 39.6 Å². The van der Waals surface area contributed by atoms with Crippen LogP contribution in [0.15, 0.2) is 30.3 Å². The zero-order chi connectivity index (χ0) is 31.4. The zero-order valence-electron chi connectivity index (χ0n) is 25.2. The van der Waals surface area contributed by atoms with Crippen LogP contribution >= 0.6 is 9.90 Å². The van der Waals surface area contributed by atoms with Crippen LogP contribution in [0, 0.1) is 58.6 Å². The molecule has 0 spiro atoms. The van der Waals surface area contributed by atoms with Crippen LogP contribution in [-0.2, 0) is 28.4 Å². The summed E-state index contributed by atoms with van der Waals surface area (Å²) < 4.78 is 113. The normalized spacial score (nSPS) is 30.2. The summed E-state index contributed by atoms with van der Waals surface area (Å²) in [7, 11) is 0. The Hall–Kier alpha value is -2.21. The molecule has 0 aliphatic carbocycles. The van der Waals surface area contributed by atoms with Gasteiger partial charge < -0.3 is 28.4 Å². The van der Waals surface area contributed by atoms with E-state index in [0.717, 1.165) is 30.7 Å². The molecule has 4 atom stereocenters. The van der Waals surface area contributed by atoms with Crippen molar-refractivity contribution in [1.29, 1.82) is 0 Å². The molecule has 3 fully saturated rings. The minimum absolute atomic E-state index is 0. The summed E-state index contributed by atoms with van der Waals surface area (Å²) in [5.74, 6) is -6.50. The third-order valence-corrected chi connectivity index (χ3v) is 7.97. The minimum Gasteiger partial charge on any atom is -0.493 e. The average molecular weight is 665 g/mol. The molecule has 0 N–H and O–H groups in total. The molecule has 4 aliphatic heterocycles. The molecule has 0 bridgehead atoms. The predicted octanol–water partition coefficient (Wildman–Crippen LogP) is 7.13. The molecular formula is C32H39F6O6P. The fourth-order valence-corrected chi connectivity index (χ4v) is 5.45. The van der Waals surface area contributed by atoms with Crippen LogP contribution in [0.25, 0.3) is 5.76 Å². The molecule has 2 aromatic rings. The summed E-state index contributed by atoms with van der Waals surface area (Å²) in [4.78, 5) is 0. The highest BCUT2D eigenvalue weighted by Gasteiger charge is 2.34. The number of halogens is 6. The van der Waals surface area contributed by atoms with E-state index < -0.39 is 41.0 Å². The molecule has 0 radical (unpaired) electrons. The van der Waals surface area contributed by atoms with Gasteiger partial charge in [0.05, 0.1) is 45.7 Å². The van der Waals surface area contributed by atoms with E-state index in [0.29, 0.717) is 75.6 Å². The largest absolute Gasteiger partial charge is 0.493 e. The van der Waals surface area contributed by atoms with E-state index in [9.17, 15) is 26.3 Å². The molecule has 4 heterocycles. The third kappa shape index (κ3) is 8.99. The van der Waals surface area contributed by atoms with E-state index in [4.69, 9.17) is 28.4 Å². The Morgan fingerprint density at radius 2 is 1.07 bits per heavy atom. The fourth-order valence-electron chi connectivity index (χ4n) is 5.45. The molecule has 0 amide bonds. The van der Waals surface area contributed by atoms with E-state index in [1.165, 1.54) is 0 Å². The summed E-state index contributed by atoms with van der Waals surface area (Å²) in [6.07, 6.45) is 2.66. The molecule has 3 saturated heterocycles. The van der Waals surface area contributed by atoms with Crippen molar-refractivity contribution in [2.24, 2.45) is 23.7 Å². The summed E-state index contributed by atoms with van der Waals surface area (Å²) in [6, 6.07) is 3.86. The SMILES string of the molecule is CC1COC(C2CC=C(c3cc(F)c(F)c(F)c3)OC2)OC1.CC1COC(C2CCC(c3cc(F)c(F)c(F)c3)OC2)OC1.P. The second kappa shape index (κ2) is 16.1. The number of allylic oxidation sites excluding steroid dienone is 1. The maximum atomic E-state index is 13.3. The Balaban J connectivity index is 0.000000200. The van der Waals surface area contributed by atoms with E-state index in [1.807, 2.05) is 6.92 Å². The Morgan fingerprint density at radius 3 is 1.51 bits per heavy atom. The summed E-state index contributed by atoms with van der Waals surface area (Å²) in [6.45, 7) is 7.44. The lowest BCUT2D eigenvalue weighted by Gasteiger charge is -2.37. The molecule has 4 unspecified atom stereocenters. The van der Waals surface area contributed by atoms with Crippen molar-refractivity contribution in [3.63, 3.8) is 0 Å². The Kier molecular flexibility index (Phi) is 12.7. The second-order valence-corrected chi connectivity index (χ2v) is 11.9. The van der Waals surface area contributed by atoms with Crippen LogP contribution in [0.4, 0.5) is 26.3 Å². The highest BCUT2D eigenvalue weighted by molar-refractivity contribution is 6.92. The monoisotopic (exact) mass is 664 g/mol. The standard InChI is InChI=1S/C16H19F3O3.C16H17F3O3.H3P/c2*1-9-6-21-16(22-7-9)10-2-3-14(20-8-10)11-4-12(17)15(19)13(18)5-11;/h4-5,9-10,14,16H,2-3,6-8H2,1H3;3-5,9-10,16H,2,6-8H2,1H3;1H3. The van der Waals surface area contributed by atoms with Gasteiger partial charge in [-0.1, -0.05) is 13.8 Å². The van der Waals surface area contributed by atoms with E-state index in [1.54, 1.807) is 6.08 Å². The summed E-state index contributed by atoms with van der Waals surface area (Å²) >= 11 is 0. The van der Waals surface area contributed by atoms with Crippen molar-refractivity contribution in [3.8, 4) is 0 Å². The molecule has 0 saturated carbocycles. The van der Waals surface area contributed by atoms with Gasteiger partial charge in [0.25, 0.3) is 0 Å². The van der Waals surface area contributed by atoms with Gasteiger partial charge in [0.15, 0.2) is 47.5 Å². The third-order valence-electron chi connectivity index (χ3n) is 7.97. The number of benzene rings is 2. The van der Waals surface area contributed by atoms with Crippen molar-refractivity contribution in [1.82, 2.24) is 0 Å². The van der Waals surface area contributed by atoms with Crippen LogP contribution in [0.3, 0.4) is 0 Å². The van der Waals surface area contributed by atoms with Crippen LogP contribution in [-0.4, -0.2) is 52.2 Å². The van der Waals surface area contributed by atoms with E-state index in [2.05, 4.69) is 6.92 Å². The molecule has 6 rings (SSSR count). The number of ether oxygens (including phenoxy) is 6. The van der Waals surface area contributed by atoms with E-state index >= 15 is 0 Å². The van der Waals surface area contributed by atoms with Gasteiger partial charge in [-0.25, -0.2) is 26.3 Å². The van der Waals surface area contributed by atoms with Gasteiger partial charge in [0.1, 0.15) is 5.76 Å². The maximum absolute atomic E-state index is 13.3. The molecule has 2 aromatic carbocycles. The summed E-state index contributed by atoms with van der Waals surface area (Å²) in [5, 5.41) is 0. The number of rotatable bonds is 4. The number of hydrogen-bond donors (Lipinski definition) is 0.